The number of carbonyl (C=O) groups is 1. The van der Waals surface area contributed by atoms with Crippen molar-refractivity contribution in [1.29, 1.82) is 0 Å². The van der Waals surface area contributed by atoms with Crippen molar-refractivity contribution in [2.24, 2.45) is 11.8 Å². The first-order valence-electron chi connectivity index (χ1n) is 8.72. The summed E-state index contributed by atoms with van der Waals surface area (Å²) in [5.41, 5.74) is 0. The van der Waals surface area contributed by atoms with Gasteiger partial charge in [-0.15, -0.1) is 12.4 Å². The lowest BCUT2D eigenvalue weighted by atomic mass is 9.85. The second kappa shape index (κ2) is 9.68. The number of carbonyl (C=O) groups excluding carboxylic acids is 1. The number of hydrogen-bond acceptors (Lipinski definition) is 2. The summed E-state index contributed by atoms with van der Waals surface area (Å²) in [5.74, 6) is 1.63. The van der Waals surface area contributed by atoms with E-state index in [1.165, 1.54) is 38.5 Å². The zero-order chi connectivity index (χ0) is 14.4. The third kappa shape index (κ3) is 5.45. The SMILES string of the molecule is CCC1CCCCCN1C(=O)CC(C)C1CCCNC1.Cl. The van der Waals surface area contributed by atoms with Gasteiger partial charge in [-0.3, -0.25) is 4.79 Å². The Morgan fingerprint density at radius 2 is 2.05 bits per heavy atom. The van der Waals surface area contributed by atoms with Gasteiger partial charge < -0.3 is 10.2 Å². The molecule has 0 aromatic heterocycles. The number of amides is 1. The van der Waals surface area contributed by atoms with E-state index >= 15 is 0 Å². The van der Waals surface area contributed by atoms with Crippen molar-refractivity contribution < 1.29 is 4.79 Å². The lowest BCUT2D eigenvalue weighted by Gasteiger charge is -2.33. The Hall–Kier alpha value is -0.280. The van der Waals surface area contributed by atoms with Crippen LogP contribution in [0.3, 0.4) is 0 Å². The maximum atomic E-state index is 12.7. The van der Waals surface area contributed by atoms with E-state index in [4.69, 9.17) is 0 Å². The van der Waals surface area contributed by atoms with Gasteiger partial charge in [-0.2, -0.15) is 0 Å². The van der Waals surface area contributed by atoms with Gasteiger partial charge in [0.1, 0.15) is 0 Å². The Kier molecular flexibility index (Phi) is 8.65. The van der Waals surface area contributed by atoms with Gasteiger partial charge in [0.15, 0.2) is 0 Å². The molecule has 2 aliphatic rings. The van der Waals surface area contributed by atoms with E-state index in [1.54, 1.807) is 0 Å². The van der Waals surface area contributed by atoms with Crippen LogP contribution in [-0.4, -0.2) is 36.5 Å². The molecule has 0 spiro atoms. The highest BCUT2D eigenvalue weighted by molar-refractivity contribution is 5.85. The normalized spacial score (nSPS) is 28.4. The molecule has 0 aromatic rings. The molecule has 0 saturated carbocycles. The average molecular weight is 317 g/mol. The average Bonchev–Trinajstić information content (AvgIpc) is 2.73. The first kappa shape index (κ1) is 18.8. The lowest BCUT2D eigenvalue weighted by molar-refractivity contribution is -0.134. The van der Waals surface area contributed by atoms with Gasteiger partial charge in [-0.1, -0.05) is 26.7 Å². The summed E-state index contributed by atoms with van der Waals surface area (Å²) in [5, 5.41) is 3.47. The molecule has 2 aliphatic heterocycles. The number of halogens is 1. The van der Waals surface area contributed by atoms with Crippen LogP contribution in [-0.2, 0) is 4.79 Å². The van der Waals surface area contributed by atoms with Crippen molar-refractivity contribution >= 4 is 18.3 Å². The van der Waals surface area contributed by atoms with Crippen LogP contribution in [0.15, 0.2) is 0 Å². The van der Waals surface area contributed by atoms with Gasteiger partial charge in [0, 0.05) is 19.0 Å². The number of piperidine rings is 1. The zero-order valence-electron chi connectivity index (χ0n) is 13.8. The zero-order valence-corrected chi connectivity index (χ0v) is 14.6. The second-order valence-corrected chi connectivity index (χ2v) is 6.79. The molecule has 1 amide bonds. The summed E-state index contributed by atoms with van der Waals surface area (Å²) in [6.07, 6.45) is 9.42. The number of rotatable bonds is 4. The summed E-state index contributed by atoms with van der Waals surface area (Å²) in [6.45, 7) is 7.75. The Bertz CT molecular complexity index is 305. The van der Waals surface area contributed by atoms with E-state index in [2.05, 4.69) is 24.1 Å². The van der Waals surface area contributed by atoms with Gasteiger partial charge in [0.05, 0.1) is 0 Å². The molecule has 21 heavy (non-hydrogen) atoms. The van der Waals surface area contributed by atoms with Gasteiger partial charge in [-0.25, -0.2) is 0 Å². The number of nitrogens with one attached hydrogen (secondary N) is 1. The number of likely N-dealkylation sites (tertiary alicyclic amines) is 1. The molecule has 1 N–H and O–H groups in total. The van der Waals surface area contributed by atoms with Gasteiger partial charge in [0.2, 0.25) is 5.91 Å². The smallest absolute Gasteiger partial charge is 0.223 e. The van der Waals surface area contributed by atoms with E-state index < -0.39 is 0 Å². The predicted molar refractivity (Wildman–Crippen MR) is 90.9 cm³/mol. The first-order chi connectivity index (χ1) is 9.72. The molecule has 2 heterocycles. The van der Waals surface area contributed by atoms with Crippen molar-refractivity contribution in [3.8, 4) is 0 Å². The van der Waals surface area contributed by atoms with Crippen LogP contribution >= 0.6 is 12.4 Å². The largest absolute Gasteiger partial charge is 0.340 e. The summed E-state index contributed by atoms with van der Waals surface area (Å²) < 4.78 is 0. The summed E-state index contributed by atoms with van der Waals surface area (Å²) >= 11 is 0. The van der Waals surface area contributed by atoms with Crippen molar-refractivity contribution in [3.63, 3.8) is 0 Å². The van der Waals surface area contributed by atoms with Crippen LogP contribution in [0.4, 0.5) is 0 Å². The molecular weight excluding hydrogens is 284 g/mol. The summed E-state index contributed by atoms with van der Waals surface area (Å²) in [6, 6.07) is 0.502. The molecule has 0 aliphatic carbocycles. The van der Waals surface area contributed by atoms with E-state index in [1.807, 2.05) is 0 Å². The van der Waals surface area contributed by atoms with Gasteiger partial charge in [-0.05, 0) is 57.0 Å². The molecule has 2 rings (SSSR count). The molecule has 3 unspecified atom stereocenters. The van der Waals surface area contributed by atoms with E-state index in [9.17, 15) is 4.79 Å². The fraction of sp³-hybridized carbons (Fsp3) is 0.941. The minimum atomic E-state index is 0. The molecule has 0 aromatic carbocycles. The Balaban J connectivity index is 0.00000220. The molecule has 4 heteroatoms. The molecule has 0 radical (unpaired) electrons. The van der Waals surface area contributed by atoms with E-state index in [0.717, 1.165) is 32.5 Å². The fourth-order valence-corrected chi connectivity index (χ4v) is 3.85. The molecule has 3 atom stereocenters. The Labute approximate surface area is 136 Å². The second-order valence-electron chi connectivity index (χ2n) is 6.79. The molecular formula is C17H33ClN2O. The number of hydrogen-bond donors (Lipinski definition) is 1. The predicted octanol–water partition coefficient (Wildman–Crippen LogP) is 3.62. The van der Waals surface area contributed by atoms with E-state index in [-0.39, 0.29) is 12.4 Å². The van der Waals surface area contributed by atoms with Crippen molar-refractivity contribution in [3.05, 3.63) is 0 Å². The van der Waals surface area contributed by atoms with E-state index in [0.29, 0.717) is 23.8 Å². The van der Waals surface area contributed by atoms with Gasteiger partial charge >= 0.3 is 0 Å². The highest BCUT2D eigenvalue weighted by Crippen LogP contribution is 2.26. The fourth-order valence-electron chi connectivity index (χ4n) is 3.85. The van der Waals surface area contributed by atoms with Gasteiger partial charge in [0.25, 0.3) is 0 Å². The molecule has 2 saturated heterocycles. The monoisotopic (exact) mass is 316 g/mol. The van der Waals surface area contributed by atoms with Crippen LogP contribution in [0.5, 0.6) is 0 Å². The highest BCUT2D eigenvalue weighted by Gasteiger charge is 2.28. The number of nitrogens with zero attached hydrogens (tertiary/aromatic N) is 1. The molecule has 2 fully saturated rings. The molecule has 0 bridgehead atoms. The Morgan fingerprint density at radius 3 is 2.71 bits per heavy atom. The third-order valence-electron chi connectivity index (χ3n) is 5.31. The van der Waals surface area contributed by atoms with Crippen LogP contribution in [0, 0.1) is 11.8 Å². The minimum absolute atomic E-state index is 0. The first-order valence-corrected chi connectivity index (χ1v) is 8.72. The van der Waals surface area contributed by atoms with Crippen LogP contribution in [0.25, 0.3) is 0 Å². The summed E-state index contributed by atoms with van der Waals surface area (Å²) in [7, 11) is 0. The summed E-state index contributed by atoms with van der Waals surface area (Å²) in [4.78, 5) is 14.9. The van der Waals surface area contributed by atoms with Crippen LogP contribution in [0.1, 0.15) is 65.2 Å². The molecule has 3 nitrogen and oxygen atoms in total. The maximum Gasteiger partial charge on any atom is 0.223 e. The van der Waals surface area contributed by atoms with Crippen molar-refractivity contribution in [2.75, 3.05) is 19.6 Å². The topological polar surface area (TPSA) is 32.3 Å². The highest BCUT2D eigenvalue weighted by atomic mass is 35.5. The quantitative estimate of drug-likeness (QED) is 0.859. The van der Waals surface area contributed by atoms with Crippen molar-refractivity contribution in [1.82, 2.24) is 10.2 Å². The Morgan fingerprint density at radius 1 is 1.24 bits per heavy atom. The molecule has 124 valence electrons. The van der Waals surface area contributed by atoms with Crippen LogP contribution in [0.2, 0.25) is 0 Å². The van der Waals surface area contributed by atoms with Crippen LogP contribution < -0.4 is 5.32 Å². The van der Waals surface area contributed by atoms with Crippen molar-refractivity contribution in [2.45, 2.75) is 71.3 Å². The minimum Gasteiger partial charge on any atom is -0.340 e. The third-order valence-corrected chi connectivity index (χ3v) is 5.31. The maximum absolute atomic E-state index is 12.7. The lowest BCUT2D eigenvalue weighted by Crippen LogP contribution is -2.42. The standard InChI is InChI=1S/C17H32N2O.ClH/c1-3-16-9-5-4-6-11-19(16)17(20)12-14(2)15-8-7-10-18-13-15;/h14-16,18H,3-13H2,1-2H3;1H.